The lowest BCUT2D eigenvalue weighted by Gasteiger charge is -2.36. The fourth-order valence-corrected chi connectivity index (χ4v) is 4.50. The Bertz CT molecular complexity index is 592. The van der Waals surface area contributed by atoms with Crippen LogP contribution in [0.3, 0.4) is 0 Å². The summed E-state index contributed by atoms with van der Waals surface area (Å²) in [6, 6.07) is 8.05. The number of carbonyl (C=O) groups excluding carboxylic acids is 2. The third-order valence-electron chi connectivity index (χ3n) is 6.07. The fraction of sp³-hybridized carbons (Fsp3) is 0.636. The fourth-order valence-electron chi connectivity index (χ4n) is 4.50. The SMILES string of the molecule is CCC1CCCCN1C(=O)c1cccc(C(=O)N2CCCCC2CC)c1. The Labute approximate surface area is 157 Å². The number of carbonyl (C=O) groups is 2. The Morgan fingerprint density at radius 1 is 0.846 bits per heavy atom. The molecule has 2 aliphatic rings. The molecule has 1 aromatic carbocycles. The zero-order chi connectivity index (χ0) is 18.5. The number of nitrogens with zero attached hydrogens (tertiary/aromatic N) is 2. The monoisotopic (exact) mass is 356 g/mol. The van der Waals surface area contributed by atoms with E-state index in [0.29, 0.717) is 23.2 Å². The van der Waals surface area contributed by atoms with E-state index in [-0.39, 0.29) is 11.8 Å². The molecule has 4 nitrogen and oxygen atoms in total. The van der Waals surface area contributed by atoms with Crippen molar-refractivity contribution in [3.63, 3.8) is 0 Å². The Morgan fingerprint density at radius 3 is 1.73 bits per heavy atom. The number of hydrogen-bond donors (Lipinski definition) is 0. The van der Waals surface area contributed by atoms with Crippen LogP contribution in [0.2, 0.25) is 0 Å². The molecule has 2 fully saturated rings. The first kappa shape index (κ1) is 18.9. The zero-order valence-corrected chi connectivity index (χ0v) is 16.2. The summed E-state index contributed by atoms with van der Waals surface area (Å²) >= 11 is 0. The van der Waals surface area contributed by atoms with Gasteiger partial charge in [-0.1, -0.05) is 19.9 Å². The van der Waals surface area contributed by atoms with Gasteiger partial charge in [-0.2, -0.15) is 0 Å². The molecule has 2 amide bonds. The van der Waals surface area contributed by atoms with Crippen LogP contribution in [0.5, 0.6) is 0 Å². The van der Waals surface area contributed by atoms with Crippen molar-refractivity contribution < 1.29 is 9.59 Å². The van der Waals surface area contributed by atoms with Crippen LogP contribution in [0.25, 0.3) is 0 Å². The Morgan fingerprint density at radius 2 is 1.31 bits per heavy atom. The van der Waals surface area contributed by atoms with Crippen LogP contribution in [0, 0.1) is 0 Å². The number of rotatable bonds is 4. The van der Waals surface area contributed by atoms with E-state index in [1.165, 1.54) is 12.8 Å². The van der Waals surface area contributed by atoms with Gasteiger partial charge in [0.2, 0.25) is 0 Å². The molecular weight excluding hydrogens is 324 g/mol. The van der Waals surface area contributed by atoms with Crippen molar-refractivity contribution in [1.29, 1.82) is 0 Å². The van der Waals surface area contributed by atoms with E-state index in [9.17, 15) is 9.59 Å². The van der Waals surface area contributed by atoms with Crippen molar-refractivity contribution in [1.82, 2.24) is 9.80 Å². The summed E-state index contributed by atoms with van der Waals surface area (Å²) in [6.45, 7) is 5.97. The molecule has 0 bridgehead atoms. The van der Waals surface area contributed by atoms with E-state index in [1.807, 2.05) is 34.1 Å². The normalized spacial score (nSPS) is 23.8. The summed E-state index contributed by atoms with van der Waals surface area (Å²) in [5.41, 5.74) is 1.31. The second-order valence-electron chi connectivity index (χ2n) is 7.69. The predicted octanol–water partition coefficient (Wildman–Crippen LogP) is 4.50. The van der Waals surface area contributed by atoms with Crippen LogP contribution in [-0.4, -0.2) is 46.8 Å². The molecule has 3 rings (SSSR count). The molecular formula is C22H32N2O2. The van der Waals surface area contributed by atoms with Crippen molar-refractivity contribution in [2.45, 2.75) is 77.3 Å². The molecule has 0 saturated carbocycles. The van der Waals surface area contributed by atoms with Crippen molar-refractivity contribution in [2.75, 3.05) is 13.1 Å². The molecule has 1 aromatic rings. The molecule has 0 spiro atoms. The van der Waals surface area contributed by atoms with E-state index in [1.54, 1.807) is 0 Å². The Kier molecular flexibility index (Phi) is 6.33. The summed E-state index contributed by atoms with van der Waals surface area (Å²) in [7, 11) is 0. The molecule has 0 aliphatic carbocycles. The summed E-state index contributed by atoms with van der Waals surface area (Å²) < 4.78 is 0. The van der Waals surface area contributed by atoms with Crippen LogP contribution in [0.4, 0.5) is 0 Å². The van der Waals surface area contributed by atoms with E-state index in [0.717, 1.165) is 51.6 Å². The minimum atomic E-state index is 0.0804. The standard InChI is InChI=1S/C22H32N2O2/c1-3-19-12-5-7-14-23(19)21(25)17-10-9-11-18(16-17)22(26)24-15-8-6-13-20(24)4-2/h9-11,16,19-20H,3-8,12-15H2,1-2H3. The van der Waals surface area contributed by atoms with Gasteiger partial charge in [-0.3, -0.25) is 9.59 Å². The van der Waals surface area contributed by atoms with Crippen LogP contribution < -0.4 is 0 Å². The second-order valence-corrected chi connectivity index (χ2v) is 7.69. The highest BCUT2D eigenvalue weighted by molar-refractivity contribution is 6.00. The summed E-state index contributed by atoms with van der Waals surface area (Å²) in [5.74, 6) is 0.161. The molecule has 0 radical (unpaired) electrons. The van der Waals surface area contributed by atoms with Gasteiger partial charge < -0.3 is 9.80 Å². The number of benzene rings is 1. The summed E-state index contributed by atoms with van der Waals surface area (Å²) in [5, 5.41) is 0. The van der Waals surface area contributed by atoms with Gasteiger partial charge in [0.05, 0.1) is 0 Å². The lowest BCUT2D eigenvalue weighted by molar-refractivity contribution is 0.0606. The molecule has 26 heavy (non-hydrogen) atoms. The third-order valence-corrected chi connectivity index (χ3v) is 6.07. The summed E-state index contributed by atoms with van der Waals surface area (Å²) in [6.07, 6.45) is 8.73. The first-order valence-electron chi connectivity index (χ1n) is 10.4. The van der Waals surface area contributed by atoms with Gasteiger partial charge in [-0.15, -0.1) is 0 Å². The molecule has 142 valence electrons. The Balaban J connectivity index is 1.79. The third kappa shape index (κ3) is 3.94. The molecule has 0 N–H and O–H groups in total. The van der Waals surface area contributed by atoms with Crippen molar-refractivity contribution in [2.24, 2.45) is 0 Å². The second kappa shape index (κ2) is 8.70. The first-order chi connectivity index (χ1) is 12.7. The van der Waals surface area contributed by atoms with Crippen molar-refractivity contribution >= 4 is 11.8 Å². The average molecular weight is 357 g/mol. The van der Waals surface area contributed by atoms with Crippen molar-refractivity contribution in [3.8, 4) is 0 Å². The predicted molar refractivity (Wildman–Crippen MR) is 104 cm³/mol. The largest absolute Gasteiger partial charge is 0.336 e. The number of piperidine rings is 2. The smallest absolute Gasteiger partial charge is 0.254 e. The van der Waals surface area contributed by atoms with Crippen LogP contribution in [0.15, 0.2) is 24.3 Å². The lowest BCUT2D eigenvalue weighted by Crippen LogP contribution is -2.44. The van der Waals surface area contributed by atoms with Gasteiger partial charge in [0.1, 0.15) is 0 Å². The van der Waals surface area contributed by atoms with E-state index >= 15 is 0 Å². The minimum absolute atomic E-state index is 0.0804. The van der Waals surface area contributed by atoms with Gasteiger partial charge in [0.15, 0.2) is 0 Å². The highest BCUT2D eigenvalue weighted by atomic mass is 16.2. The Hall–Kier alpha value is -1.84. The van der Waals surface area contributed by atoms with E-state index in [2.05, 4.69) is 13.8 Å². The molecule has 2 unspecified atom stereocenters. The molecule has 2 heterocycles. The molecule has 2 aliphatic heterocycles. The van der Waals surface area contributed by atoms with E-state index < -0.39 is 0 Å². The highest BCUT2D eigenvalue weighted by Crippen LogP contribution is 2.24. The molecule has 4 heteroatoms. The number of likely N-dealkylation sites (tertiary alicyclic amines) is 2. The molecule has 2 atom stereocenters. The zero-order valence-electron chi connectivity index (χ0n) is 16.2. The quantitative estimate of drug-likeness (QED) is 0.797. The maximum absolute atomic E-state index is 13.0. The van der Waals surface area contributed by atoms with Crippen molar-refractivity contribution in [3.05, 3.63) is 35.4 Å². The minimum Gasteiger partial charge on any atom is -0.336 e. The maximum Gasteiger partial charge on any atom is 0.254 e. The van der Waals surface area contributed by atoms with Gasteiger partial charge in [0.25, 0.3) is 11.8 Å². The molecule has 0 aromatic heterocycles. The first-order valence-corrected chi connectivity index (χ1v) is 10.4. The van der Waals surface area contributed by atoms with E-state index in [4.69, 9.17) is 0 Å². The number of hydrogen-bond acceptors (Lipinski definition) is 2. The van der Waals surface area contributed by atoms with Gasteiger partial charge in [0, 0.05) is 36.3 Å². The summed E-state index contributed by atoms with van der Waals surface area (Å²) in [4.78, 5) is 30.1. The van der Waals surface area contributed by atoms with Gasteiger partial charge >= 0.3 is 0 Å². The number of amides is 2. The maximum atomic E-state index is 13.0. The highest BCUT2D eigenvalue weighted by Gasteiger charge is 2.29. The van der Waals surface area contributed by atoms with Gasteiger partial charge in [-0.05, 0) is 69.6 Å². The molecule has 2 saturated heterocycles. The topological polar surface area (TPSA) is 40.6 Å². The van der Waals surface area contributed by atoms with Gasteiger partial charge in [-0.25, -0.2) is 0 Å². The van der Waals surface area contributed by atoms with Crippen LogP contribution in [-0.2, 0) is 0 Å². The average Bonchev–Trinajstić information content (AvgIpc) is 2.72. The van der Waals surface area contributed by atoms with Crippen LogP contribution in [0.1, 0.15) is 85.9 Å². The van der Waals surface area contributed by atoms with Crippen LogP contribution >= 0.6 is 0 Å². The lowest BCUT2D eigenvalue weighted by atomic mass is 9.97.